The van der Waals surface area contributed by atoms with Crippen LogP contribution in [-0.4, -0.2) is 56.7 Å². The number of nitrogen functional groups attached to an aromatic ring is 1. The lowest BCUT2D eigenvalue weighted by Crippen LogP contribution is -2.38. The average Bonchev–Trinajstić information content (AvgIpc) is 3.47. The minimum Gasteiger partial charge on any atom is -0.497 e. The molecule has 0 aliphatic carbocycles. The molecule has 1 aromatic carbocycles. The van der Waals surface area contributed by atoms with Gasteiger partial charge >= 0.3 is 6.09 Å². The predicted molar refractivity (Wildman–Crippen MR) is 140 cm³/mol. The highest BCUT2D eigenvalue weighted by Crippen LogP contribution is 2.35. The molecule has 12 nitrogen and oxygen atoms in total. The molecule has 1 saturated heterocycles. The Labute approximate surface area is 219 Å². The molecule has 0 spiro atoms. The van der Waals surface area contributed by atoms with Gasteiger partial charge in [0.05, 0.1) is 13.2 Å². The molecule has 4 rings (SSSR count). The van der Waals surface area contributed by atoms with Crippen molar-refractivity contribution in [1.29, 1.82) is 0 Å². The Bertz CT molecular complexity index is 1360. The van der Waals surface area contributed by atoms with E-state index in [1.165, 1.54) is 13.3 Å². The standard InChI is InChI=1S/C26H31N7O5/c1-26(2,3)38-25(36)32-13-5-6-18(32)23-31-20(21(22(27)34)33(23)28)15-7-9-16(10-8-15)24(35)30-19-14-17(37-4)11-12-29-19/h7-12,14,18H,5-6,13,28H2,1-4H3,(H2,27,34)(H,29,30,35). The van der Waals surface area contributed by atoms with Crippen molar-refractivity contribution in [1.82, 2.24) is 19.5 Å². The largest absolute Gasteiger partial charge is 0.497 e. The molecular weight excluding hydrogens is 490 g/mol. The number of carbonyl (C=O) groups excluding carboxylic acids is 3. The number of aromatic nitrogens is 3. The van der Waals surface area contributed by atoms with Crippen molar-refractivity contribution in [2.24, 2.45) is 5.73 Å². The number of primary amides is 1. The van der Waals surface area contributed by atoms with E-state index in [9.17, 15) is 14.4 Å². The van der Waals surface area contributed by atoms with Crippen molar-refractivity contribution in [3.63, 3.8) is 0 Å². The zero-order chi connectivity index (χ0) is 27.6. The van der Waals surface area contributed by atoms with E-state index < -0.39 is 23.6 Å². The molecule has 12 heteroatoms. The molecule has 0 bridgehead atoms. The number of hydrogen-bond acceptors (Lipinski definition) is 8. The lowest BCUT2D eigenvalue weighted by molar-refractivity contribution is 0.0217. The molecular formula is C26H31N7O5. The van der Waals surface area contributed by atoms with Gasteiger partial charge in [0.1, 0.15) is 22.9 Å². The van der Waals surface area contributed by atoms with Crippen molar-refractivity contribution in [2.75, 3.05) is 24.8 Å². The lowest BCUT2D eigenvalue weighted by Gasteiger charge is -2.28. The van der Waals surface area contributed by atoms with Crippen molar-refractivity contribution >= 4 is 23.7 Å². The molecule has 3 aromatic rings. The fourth-order valence-corrected chi connectivity index (χ4v) is 4.27. The minimum atomic E-state index is -0.769. The van der Waals surface area contributed by atoms with Gasteiger partial charge in [-0.3, -0.25) is 14.5 Å². The van der Waals surface area contributed by atoms with Crippen LogP contribution in [0.3, 0.4) is 0 Å². The Morgan fingerprint density at radius 3 is 2.47 bits per heavy atom. The summed E-state index contributed by atoms with van der Waals surface area (Å²) in [6.45, 7) is 5.85. The number of anilines is 1. The number of benzene rings is 1. The van der Waals surface area contributed by atoms with E-state index in [0.717, 1.165) is 11.1 Å². The number of likely N-dealkylation sites (tertiary alicyclic amines) is 1. The van der Waals surface area contributed by atoms with Gasteiger partial charge in [-0.1, -0.05) is 12.1 Å². The van der Waals surface area contributed by atoms with Gasteiger partial charge in [-0.2, -0.15) is 0 Å². The Morgan fingerprint density at radius 2 is 1.84 bits per heavy atom. The molecule has 1 unspecified atom stereocenters. The second-order valence-electron chi connectivity index (χ2n) is 9.85. The van der Waals surface area contributed by atoms with Crippen molar-refractivity contribution in [3.05, 3.63) is 59.7 Å². The Balaban J connectivity index is 1.61. The molecule has 0 radical (unpaired) electrons. The van der Waals surface area contributed by atoms with E-state index in [4.69, 9.17) is 21.1 Å². The highest BCUT2D eigenvalue weighted by atomic mass is 16.6. The van der Waals surface area contributed by atoms with E-state index >= 15 is 0 Å². The van der Waals surface area contributed by atoms with Crippen LogP contribution in [0.25, 0.3) is 11.3 Å². The molecule has 1 fully saturated rings. The number of pyridine rings is 1. The van der Waals surface area contributed by atoms with Crippen LogP contribution in [0.2, 0.25) is 0 Å². The Morgan fingerprint density at radius 1 is 1.13 bits per heavy atom. The van der Waals surface area contributed by atoms with Crippen LogP contribution in [0.4, 0.5) is 10.6 Å². The van der Waals surface area contributed by atoms with Gasteiger partial charge < -0.3 is 26.4 Å². The first kappa shape index (κ1) is 26.5. The van der Waals surface area contributed by atoms with Crippen LogP contribution >= 0.6 is 0 Å². The quantitative estimate of drug-likeness (QED) is 0.416. The minimum absolute atomic E-state index is 0.00572. The van der Waals surface area contributed by atoms with Crippen LogP contribution < -0.4 is 21.6 Å². The normalized spacial score (nSPS) is 15.3. The van der Waals surface area contributed by atoms with Crippen molar-refractivity contribution in [2.45, 2.75) is 45.3 Å². The van der Waals surface area contributed by atoms with E-state index in [2.05, 4.69) is 15.3 Å². The first-order chi connectivity index (χ1) is 18.0. The number of carbonyl (C=O) groups is 3. The van der Waals surface area contributed by atoms with Gasteiger partial charge in [0.2, 0.25) is 0 Å². The molecule has 3 heterocycles. The van der Waals surface area contributed by atoms with E-state index in [-0.39, 0.29) is 17.3 Å². The van der Waals surface area contributed by atoms with Crippen LogP contribution in [0.15, 0.2) is 42.6 Å². The number of rotatable bonds is 6. The molecule has 1 aliphatic heterocycles. The number of imidazole rings is 1. The number of ether oxygens (including phenoxy) is 2. The first-order valence-electron chi connectivity index (χ1n) is 12.1. The van der Waals surface area contributed by atoms with Crippen LogP contribution in [0.5, 0.6) is 5.75 Å². The number of nitrogens with zero attached hydrogens (tertiary/aromatic N) is 4. The van der Waals surface area contributed by atoms with Gasteiger partial charge in [-0.25, -0.2) is 19.4 Å². The number of hydrogen-bond donors (Lipinski definition) is 3. The summed E-state index contributed by atoms with van der Waals surface area (Å²) in [5.41, 5.74) is 6.14. The van der Waals surface area contributed by atoms with E-state index in [1.807, 2.05) is 0 Å². The maximum atomic E-state index is 12.8. The lowest BCUT2D eigenvalue weighted by atomic mass is 10.1. The molecule has 38 heavy (non-hydrogen) atoms. The number of nitrogens with one attached hydrogen (secondary N) is 1. The number of nitrogens with two attached hydrogens (primary N) is 2. The molecule has 0 saturated carbocycles. The predicted octanol–water partition coefficient (Wildman–Crippen LogP) is 3.09. The zero-order valence-electron chi connectivity index (χ0n) is 21.7. The SMILES string of the molecule is COc1ccnc(NC(=O)c2ccc(-c3nc(C4CCCN4C(=O)OC(C)(C)C)n(N)c3C(N)=O)cc2)c1. The van der Waals surface area contributed by atoms with Crippen molar-refractivity contribution in [3.8, 4) is 17.0 Å². The van der Waals surface area contributed by atoms with Gasteiger partial charge in [-0.05, 0) is 51.8 Å². The maximum absolute atomic E-state index is 12.8. The highest BCUT2D eigenvalue weighted by Gasteiger charge is 2.37. The van der Waals surface area contributed by atoms with Gasteiger partial charge in [-0.15, -0.1) is 0 Å². The summed E-state index contributed by atoms with van der Waals surface area (Å²) >= 11 is 0. The van der Waals surface area contributed by atoms with Crippen LogP contribution in [-0.2, 0) is 4.74 Å². The van der Waals surface area contributed by atoms with E-state index in [1.54, 1.807) is 62.1 Å². The van der Waals surface area contributed by atoms with Crippen molar-refractivity contribution < 1.29 is 23.9 Å². The molecule has 1 aliphatic rings. The molecule has 3 amide bonds. The third-order valence-electron chi connectivity index (χ3n) is 5.98. The van der Waals surface area contributed by atoms with Crippen LogP contribution in [0.1, 0.15) is 66.3 Å². The molecule has 200 valence electrons. The summed E-state index contributed by atoms with van der Waals surface area (Å²) in [7, 11) is 1.52. The second-order valence-corrected chi connectivity index (χ2v) is 9.85. The third kappa shape index (κ3) is 5.53. The van der Waals surface area contributed by atoms with Crippen LogP contribution in [0, 0.1) is 0 Å². The smallest absolute Gasteiger partial charge is 0.410 e. The monoisotopic (exact) mass is 521 g/mol. The topological polar surface area (TPSA) is 168 Å². The second kappa shape index (κ2) is 10.4. The average molecular weight is 522 g/mol. The summed E-state index contributed by atoms with van der Waals surface area (Å²) in [6.07, 6.45) is 2.37. The summed E-state index contributed by atoms with van der Waals surface area (Å²) in [5, 5.41) is 2.71. The van der Waals surface area contributed by atoms with Gasteiger partial charge in [0.25, 0.3) is 11.8 Å². The summed E-state index contributed by atoms with van der Waals surface area (Å²) < 4.78 is 11.8. The zero-order valence-corrected chi connectivity index (χ0v) is 21.7. The highest BCUT2D eigenvalue weighted by molar-refractivity contribution is 6.04. The fraction of sp³-hybridized carbons (Fsp3) is 0.346. The summed E-state index contributed by atoms with van der Waals surface area (Å²) in [4.78, 5) is 48.2. The van der Waals surface area contributed by atoms with Gasteiger partial charge in [0.15, 0.2) is 11.5 Å². The number of methoxy groups -OCH3 is 1. The summed E-state index contributed by atoms with van der Waals surface area (Å²) in [5.74, 6) is 6.37. The summed E-state index contributed by atoms with van der Waals surface area (Å²) in [6, 6.07) is 9.26. The Kier molecular flexibility index (Phi) is 7.24. The Hall–Kier alpha value is -4.61. The first-order valence-corrected chi connectivity index (χ1v) is 12.1. The molecule has 5 N–H and O–H groups in total. The third-order valence-corrected chi connectivity index (χ3v) is 5.98. The van der Waals surface area contributed by atoms with E-state index in [0.29, 0.717) is 41.5 Å². The molecule has 2 aromatic heterocycles. The molecule has 1 atom stereocenters. The maximum Gasteiger partial charge on any atom is 0.410 e. The fourth-order valence-electron chi connectivity index (χ4n) is 4.27. The van der Waals surface area contributed by atoms with Gasteiger partial charge in [0, 0.05) is 29.9 Å². The number of amides is 3.